The van der Waals surface area contributed by atoms with Crippen LogP contribution in [0.25, 0.3) is 11.3 Å². The molecule has 3 rings (SSSR count). The van der Waals surface area contributed by atoms with Crippen LogP contribution in [0.5, 0.6) is 0 Å². The van der Waals surface area contributed by atoms with Gasteiger partial charge in [-0.05, 0) is 55.8 Å². The molecule has 0 radical (unpaired) electrons. The number of hydrogen-bond acceptors (Lipinski definition) is 4. The van der Waals surface area contributed by atoms with Crippen molar-refractivity contribution < 1.29 is 17.9 Å². The van der Waals surface area contributed by atoms with Crippen molar-refractivity contribution in [3.63, 3.8) is 0 Å². The Balaban J connectivity index is 2.15. The first-order valence-electron chi connectivity index (χ1n) is 7.64. The standard InChI is InChI=1S/C19H17BrO4S/c1-19(2)18(21)16(12-4-8-14(20)9-5-12)17(24-19)13-6-10-15(11-7-13)25(3,22)23/h4-11H,1-3H3. The quantitative estimate of drug-likeness (QED) is 0.749. The first kappa shape index (κ1) is 17.9. The van der Waals surface area contributed by atoms with Crippen LogP contribution in [0.3, 0.4) is 0 Å². The highest BCUT2D eigenvalue weighted by Gasteiger charge is 2.42. The molecule has 6 heteroatoms. The van der Waals surface area contributed by atoms with Gasteiger partial charge in [0.2, 0.25) is 5.78 Å². The maximum absolute atomic E-state index is 12.8. The summed E-state index contributed by atoms with van der Waals surface area (Å²) in [5, 5.41) is 0. The predicted octanol–water partition coefficient (Wildman–Crippen LogP) is 4.10. The summed E-state index contributed by atoms with van der Waals surface area (Å²) in [6, 6.07) is 13.8. The van der Waals surface area contributed by atoms with Gasteiger partial charge in [0.1, 0.15) is 5.76 Å². The third kappa shape index (κ3) is 3.41. The molecule has 0 bridgehead atoms. The highest BCUT2D eigenvalue weighted by atomic mass is 79.9. The Morgan fingerprint density at radius 2 is 1.44 bits per heavy atom. The smallest absolute Gasteiger partial charge is 0.210 e. The second-order valence-electron chi connectivity index (χ2n) is 6.45. The van der Waals surface area contributed by atoms with Gasteiger partial charge in [-0.25, -0.2) is 8.42 Å². The van der Waals surface area contributed by atoms with Gasteiger partial charge >= 0.3 is 0 Å². The SMILES string of the molecule is CC1(C)OC(c2ccc(S(C)(=O)=O)cc2)=C(c2ccc(Br)cc2)C1=O. The Kier molecular flexibility index (Phi) is 4.37. The average molecular weight is 421 g/mol. The average Bonchev–Trinajstić information content (AvgIpc) is 2.78. The summed E-state index contributed by atoms with van der Waals surface area (Å²) < 4.78 is 30.1. The van der Waals surface area contributed by atoms with E-state index in [2.05, 4.69) is 15.9 Å². The lowest BCUT2D eigenvalue weighted by Gasteiger charge is -2.17. The van der Waals surface area contributed by atoms with Crippen molar-refractivity contribution in [2.75, 3.05) is 6.26 Å². The Bertz CT molecular complexity index is 969. The van der Waals surface area contributed by atoms with Gasteiger partial charge < -0.3 is 4.74 Å². The fourth-order valence-electron chi connectivity index (χ4n) is 2.69. The third-order valence-corrected chi connectivity index (χ3v) is 5.69. The summed E-state index contributed by atoms with van der Waals surface area (Å²) in [6.07, 6.45) is 1.16. The van der Waals surface area contributed by atoms with Crippen LogP contribution >= 0.6 is 15.9 Å². The molecule has 0 saturated heterocycles. The normalized spacial score (nSPS) is 16.9. The molecule has 0 amide bonds. The van der Waals surface area contributed by atoms with Gasteiger partial charge in [0.05, 0.1) is 10.5 Å². The van der Waals surface area contributed by atoms with E-state index in [1.807, 2.05) is 24.3 Å². The summed E-state index contributed by atoms with van der Waals surface area (Å²) in [4.78, 5) is 13.1. The fourth-order valence-corrected chi connectivity index (χ4v) is 3.59. The molecule has 1 heterocycles. The Morgan fingerprint density at radius 1 is 0.920 bits per heavy atom. The molecule has 0 spiro atoms. The lowest BCUT2D eigenvalue weighted by Crippen LogP contribution is -2.29. The van der Waals surface area contributed by atoms with Gasteiger partial charge in [0.15, 0.2) is 15.4 Å². The number of hydrogen-bond donors (Lipinski definition) is 0. The van der Waals surface area contributed by atoms with Crippen LogP contribution in [-0.4, -0.2) is 26.1 Å². The summed E-state index contributed by atoms with van der Waals surface area (Å²) in [6.45, 7) is 3.46. The minimum absolute atomic E-state index is 0.1000. The van der Waals surface area contributed by atoms with Gasteiger partial charge in [0.25, 0.3) is 0 Å². The first-order chi connectivity index (χ1) is 11.6. The molecule has 0 aliphatic carbocycles. The molecule has 1 aliphatic rings. The molecule has 0 unspecified atom stereocenters. The number of rotatable bonds is 3. The van der Waals surface area contributed by atoms with Crippen LogP contribution in [0, 0.1) is 0 Å². The van der Waals surface area contributed by atoms with Gasteiger partial charge in [-0.3, -0.25) is 4.79 Å². The molecule has 130 valence electrons. The van der Waals surface area contributed by atoms with E-state index in [0.29, 0.717) is 16.9 Å². The molecule has 0 fully saturated rings. The molecule has 2 aromatic carbocycles. The van der Waals surface area contributed by atoms with Crippen LogP contribution < -0.4 is 0 Å². The monoisotopic (exact) mass is 420 g/mol. The van der Waals surface area contributed by atoms with Gasteiger partial charge in [-0.1, -0.05) is 28.1 Å². The van der Waals surface area contributed by atoms with E-state index in [1.54, 1.807) is 26.0 Å². The topological polar surface area (TPSA) is 60.4 Å². The zero-order chi connectivity index (χ0) is 18.4. The van der Waals surface area contributed by atoms with Crippen LogP contribution in [0.1, 0.15) is 25.0 Å². The molecule has 0 saturated carbocycles. The Hall–Kier alpha value is -1.92. The molecular weight excluding hydrogens is 404 g/mol. The van der Waals surface area contributed by atoms with E-state index < -0.39 is 15.4 Å². The summed E-state index contributed by atoms with van der Waals surface area (Å²) in [7, 11) is -3.28. The number of ketones is 1. The Labute approximate surface area is 155 Å². The minimum Gasteiger partial charge on any atom is -0.478 e. The molecule has 0 N–H and O–H groups in total. The zero-order valence-electron chi connectivity index (χ0n) is 14.0. The van der Waals surface area contributed by atoms with Crippen LogP contribution in [-0.2, 0) is 19.4 Å². The maximum Gasteiger partial charge on any atom is 0.210 e. The van der Waals surface area contributed by atoms with E-state index in [-0.39, 0.29) is 10.7 Å². The van der Waals surface area contributed by atoms with Crippen molar-refractivity contribution in [2.24, 2.45) is 0 Å². The van der Waals surface area contributed by atoms with Gasteiger partial charge in [-0.15, -0.1) is 0 Å². The number of halogens is 1. The molecule has 0 aromatic heterocycles. The fraction of sp³-hybridized carbons (Fsp3) is 0.211. The largest absolute Gasteiger partial charge is 0.478 e. The summed E-state index contributed by atoms with van der Waals surface area (Å²) >= 11 is 3.39. The van der Waals surface area contributed by atoms with E-state index in [0.717, 1.165) is 16.3 Å². The predicted molar refractivity (Wildman–Crippen MR) is 101 cm³/mol. The van der Waals surface area contributed by atoms with Gasteiger partial charge in [-0.2, -0.15) is 0 Å². The van der Waals surface area contributed by atoms with Crippen LogP contribution in [0.2, 0.25) is 0 Å². The lowest BCUT2D eigenvalue weighted by atomic mass is 9.93. The number of carbonyl (C=O) groups is 1. The van der Waals surface area contributed by atoms with Crippen molar-refractivity contribution in [3.05, 3.63) is 64.1 Å². The van der Waals surface area contributed by atoms with E-state index in [1.165, 1.54) is 12.1 Å². The van der Waals surface area contributed by atoms with Gasteiger partial charge in [0, 0.05) is 16.3 Å². The number of ether oxygens (including phenoxy) is 1. The number of sulfone groups is 1. The van der Waals surface area contributed by atoms with Crippen molar-refractivity contribution in [1.82, 2.24) is 0 Å². The number of carbonyl (C=O) groups excluding carboxylic acids is 1. The maximum atomic E-state index is 12.8. The lowest BCUT2D eigenvalue weighted by molar-refractivity contribution is -0.125. The molecule has 2 aromatic rings. The number of benzene rings is 2. The highest BCUT2D eigenvalue weighted by molar-refractivity contribution is 9.10. The van der Waals surface area contributed by atoms with Crippen LogP contribution in [0.15, 0.2) is 57.9 Å². The highest BCUT2D eigenvalue weighted by Crippen LogP contribution is 2.41. The molecule has 0 atom stereocenters. The second-order valence-corrected chi connectivity index (χ2v) is 9.38. The summed E-state index contributed by atoms with van der Waals surface area (Å²) in [5.74, 6) is 0.370. The van der Waals surface area contributed by atoms with Crippen molar-refractivity contribution in [3.8, 4) is 0 Å². The minimum atomic E-state index is -3.28. The molecular formula is C19H17BrO4S. The molecule has 25 heavy (non-hydrogen) atoms. The zero-order valence-corrected chi connectivity index (χ0v) is 16.4. The first-order valence-corrected chi connectivity index (χ1v) is 10.3. The van der Waals surface area contributed by atoms with Crippen molar-refractivity contribution in [2.45, 2.75) is 24.3 Å². The van der Waals surface area contributed by atoms with Crippen LogP contribution in [0.4, 0.5) is 0 Å². The summed E-state index contributed by atoms with van der Waals surface area (Å²) in [5.41, 5.74) is 0.975. The third-order valence-electron chi connectivity index (χ3n) is 4.04. The Morgan fingerprint density at radius 3 is 1.96 bits per heavy atom. The molecule has 1 aliphatic heterocycles. The van der Waals surface area contributed by atoms with Crippen molar-refractivity contribution >= 4 is 42.9 Å². The van der Waals surface area contributed by atoms with Crippen molar-refractivity contribution in [1.29, 1.82) is 0 Å². The van der Waals surface area contributed by atoms with E-state index in [9.17, 15) is 13.2 Å². The van der Waals surface area contributed by atoms with E-state index in [4.69, 9.17) is 4.74 Å². The molecule has 4 nitrogen and oxygen atoms in total. The number of Topliss-reactive ketones (excluding diaryl/α,β-unsaturated/α-hetero) is 1. The van der Waals surface area contributed by atoms with E-state index >= 15 is 0 Å². The second kappa shape index (κ2) is 6.11.